The van der Waals surface area contributed by atoms with Gasteiger partial charge in [0.2, 0.25) is 0 Å². The molecule has 1 fully saturated rings. The highest BCUT2D eigenvalue weighted by molar-refractivity contribution is 8.18. The molecule has 1 aliphatic rings. The summed E-state index contributed by atoms with van der Waals surface area (Å²) in [4.78, 5) is 31.7. The molecule has 0 aromatic heterocycles. The van der Waals surface area contributed by atoms with E-state index in [0.29, 0.717) is 50.3 Å². The molecule has 36 heavy (non-hydrogen) atoms. The Kier molecular flexibility index (Phi) is 8.36. The zero-order valence-corrected chi connectivity index (χ0v) is 21.9. The van der Waals surface area contributed by atoms with Crippen LogP contribution in [0.15, 0.2) is 76.6 Å². The number of hydrogen-bond donors (Lipinski definition) is 0. The molecule has 1 amide bonds. The second kappa shape index (κ2) is 11.6. The predicted molar refractivity (Wildman–Crippen MR) is 145 cm³/mol. The van der Waals surface area contributed by atoms with Gasteiger partial charge in [-0.15, -0.1) is 0 Å². The van der Waals surface area contributed by atoms with Gasteiger partial charge >= 0.3 is 5.97 Å². The Morgan fingerprint density at radius 3 is 2.61 bits per heavy atom. The maximum Gasteiger partial charge on any atom is 0.337 e. The number of carbonyl (C=O) groups is 2. The number of carbonyl (C=O) groups excluding carboxylic acids is 2. The number of ether oxygens (including phenoxy) is 2. The molecule has 0 N–H and O–H groups in total. The van der Waals surface area contributed by atoms with Crippen LogP contribution in [0.5, 0.6) is 5.75 Å². The van der Waals surface area contributed by atoms with Crippen LogP contribution < -0.4 is 4.74 Å². The highest BCUT2D eigenvalue weighted by atomic mass is 35.5. The third-order valence-corrected chi connectivity index (χ3v) is 7.03. The smallest absolute Gasteiger partial charge is 0.337 e. The lowest BCUT2D eigenvalue weighted by Gasteiger charge is -2.12. The van der Waals surface area contributed by atoms with E-state index in [2.05, 4.69) is 4.99 Å². The number of rotatable bonds is 7. The quantitative estimate of drug-likeness (QED) is 0.238. The molecule has 0 aliphatic carbocycles. The standard InChI is InChI=1S/C27H22Cl2N2O4S/c1-3-31-25(32)24(36-27(31)30-20-9-6-8-19(14-20)26(33)34-2)15-18-7-4-5-10-23(18)35-16-17-11-12-21(28)22(29)13-17/h4-15H,3,16H2,1-2H3. The number of thioether (sulfide) groups is 1. The summed E-state index contributed by atoms with van der Waals surface area (Å²) in [5.41, 5.74) is 2.58. The normalized spacial score (nSPS) is 15.6. The Labute approximate surface area is 223 Å². The van der Waals surface area contributed by atoms with E-state index in [1.165, 1.54) is 18.9 Å². The summed E-state index contributed by atoms with van der Waals surface area (Å²) in [5.74, 6) is 0.0333. The Morgan fingerprint density at radius 1 is 1.06 bits per heavy atom. The minimum absolute atomic E-state index is 0.148. The first-order valence-corrected chi connectivity index (χ1v) is 12.6. The van der Waals surface area contributed by atoms with Crippen molar-refractivity contribution < 1.29 is 19.1 Å². The molecule has 1 aliphatic heterocycles. The second-order valence-electron chi connectivity index (χ2n) is 7.67. The fourth-order valence-electron chi connectivity index (χ4n) is 3.46. The number of hydrogen-bond acceptors (Lipinski definition) is 6. The van der Waals surface area contributed by atoms with Gasteiger partial charge in [0.15, 0.2) is 5.17 Å². The maximum atomic E-state index is 13.1. The van der Waals surface area contributed by atoms with E-state index in [0.717, 1.165) is 11.1 Å². The molecule has 1 heterocycles. The molecular formula is C27H22Cl2N2O4S. The van der Waals surface area contributed by atoms with Gasteiger partial charge < -0.3 is 9.47 Å². The maximum absolute atomic E-state index is 13.1. The van der Waals surface area contributed by atoms with E-state index in [1.807, 2.05) is 37.3 Å². The fraction of sp³-hybridized carbons (Fsp3) is 0.148. The van der Waals surface area contributed by atoms with E-state index in [-0.39, 0.29) is 5.91 Å². The predicted octanol–water partition coefficient (Wildman–Crippen LogP) is 6.98. The fourth-order valence-corrected chi connectivity index (χ4v) is 4.84. The van der Waals surface area contributed by atoms with Crippen molar-refractivity contribution in [2.75, 3.05) is 13.7 Å². The Morgan fingerprint density at radius 2 is 1.86 bits per heavy atom. The lowest BCUT2D eigenvalue weighted by molar-refractivity contribution is -0.122. The monoisotopic (exact) mass is 540 g/mol. The molecule has 0 bridgehead atoms. The Balaban J connectivity index is 1.58. The first kappa shape index (κ1) is 25.8. The SMILES string of the molecule is CCN1C(=O)C(=Cc2ccccc2OCc2ccc(Cl)c(Cl)c2)SC1=Nc1cccc(C(=O)OC)c1. The van der Waals surface area contributed by atoms with Gasteiger partial charge in [-0.3, -0.25) is 9.69 Å². The number of aliphatic imine (C=N–C) groups is 1. The molecule has 0 spiro atoms. The molecule has 3 aromatic rings. The second-order valence-corrected chi connectivity index (χ2v) is 9.49. The van der Waals surface area contributed by atoms with Crippen LogP contribution in [0.2, 0.25) is 10.0 Å². The molecule has 0 radical (unpaired) electrons. The third kappa shape index (κ3) is 5.93. The molecule has 0 saturated carbocycles. The summed E-state index contributed by atoms with van der Waals surface area (Å²) >= 11 is 13.4. The number of para-hydroxylation sites is 1. The lowest BCUT2D eigenvalue weighted by Crippen LogP contribution is -2.28. The molecule has 4 rings (SSSR count). The topological polar surface area (TPSA) is 68.2 Å². The van der Waals surface area contributed by atoms with Gasteiger partial charge in [0.1, 0.15) is 12.4 Å². The molecule has 0 unspecified atom stereocenters. The van der Waals surface area contributed by atoms with E-state index >= 15 is 0 Å². The Hall–Kier alpha value is -3.26. The van der Waals surface area contributed by atoms with Crippen molar-refractivity contribution in [1.29, 1.82) is 0 Å². The van der Waals surface area contributed by atoms with Crippen LogP contribution in [-0.4, -0.2) is 35.6 Å². The number of benzene rings is 3. The average Bonchev–Trinajstić information content (AvgIpc) is 3.18. The van der Waals surface area contributed by atoms with Gasteiger partial charge in [0.25, 0.3) is 5.91 Å². The van der Waals surface area contributed by atoms with Crippen LogP contribution in [0.1, 0.15) is 28.4 Å². The highest BCUT2D eigenvalue weighted by Gasteiger charge is 2.32. The van der Waals surface area contributed by atoms with Gasteiger partial charge in [0, 0.05) is 12.1 Å². The lowest BCUT2D eigenvalue weighted by atomic mass is 10.1. The van der Waals surface area contributed by atoms with E-state index < -0.39 is 5.97 Å². The zero-order valence-electron chi connectivity index (χ0n) is 19.5. The van der Waals surface area contributed by atoms with Crippen molar-refractivity contribution in [2.24, 2.45) is 4.99 Å². The summed E-state index contributed by atoms with van der Waals surface area (Å²) in [6, 6.07) is 19.6. The largest absolute Gasteiger partial charge is 0.488 e. The number of amidine groups is 1. The number of likely N-dealkylation sites (N-methyl/N-ethyl adjacent to an activating group) is 1. The van der Waals surface area contributed by atoms with Gasteiger partial charge in [-0.25, -0.2) is 9.79 Å². The number of halogens is 2. The zero-order chi connectivity index (χ0) is 25.7. The van der Waals surface area contributed by atoms with Crippen LogP contribution >= 0.6 is 35.0 Å². The van der Waals surface area contributed by atoms with Crippen molar-refractivity contribution in [3.8, 4) is 5.75 Å². The summed E-state index contributed by atoms with van der Waals surface area (Å²) in [7, 11) is 1.33. The summed E-state index contributed by atoms with van der Waals surface area (Å²) in [6.07, 6.45) is 1.80. The van der Waals surface area contributed by atoms with Crippen molar-refractivity contribution in [3.05, 3.63) is 98.4 Å². The van der Waals surface area contributed by atoms with Gasteiger partial charge in [-0.1, -0.05) is 53.5 Å². The number of esters is 1. The molecule has 9 heteroatoms. The van der Waals surface area contributed by atoms with Crippen LogP contribution in [-0.2, 0) is 16.1 Å². The summed E-state index contributed by atoms with van der Waals surface area (Å²) < 4.78 is 10.8. The summed E-state index contributed by atoms with van der Waals surface area (Å²) in [6.45, 7) is 2.63. The van der Waals surface area contributed by atoms with Crippen LogP contribution in [0, 0.1) is 0 Å². The minimum atomic E-state index is -0.447. The van der Waals surface area contributed by atoms with E-state index in [4.69, 9.17) is 32.7 Å². The van der Waals surface area contributed by atoms with Crippen LogP contribution in [0.3, 0.4) is 0 Å². The molecule has 0 atom stereocenters. The van der Waals surface area contributed by atoms with Crippen molar-refractivity contribution >= 4 is 63.8 Å². The highest BCUT2D eigenvalue weighted by Crippen LogP contribution is 2.35. The van der Waals surface area contributed by atoms with Gasteiger partial charge in [0.05, 0.1) is 33.3 Å². The molecular weight excluding hydrogens is 519 g/mol. The van der Waals surface area contributed by atoms with Crippen molar-refractivity contribution in [3.63, 3.8) is 0 Å². The molecule has 184 valence electrons. The molecule has 3 aromatic carbocycles. The molecule has 1 saturated heterocycles. The van der Waals surface area contributed by atoms with Crippen LogP contribution in [0.4, 0.5) is 5.69 Å². The van der Waals surface area contributed by atoms with Gasteiger partial charge in [-0.2, -0.15) is 0 Å². The first-order chi connectivity index (χ1) is 17.4. The Bertz CT molecular complexity index is 1370. The minimum Gasteiger partial charge on any atom is -0.488 e. The summed E-state index contributed by atoms with van der Waals surface area (Å²) in [5, 5.41) is 1.48. The number of amides is 1. The van der Waals surface area contributed by atoms with E-state index in [9.17, 15) is 9.59 Å². The average molecular weight is 541 g/mol. The van der Waals surface area contributed by atoms with Gasteiger partial charge in [-0.05, 0) is 66.7 Å². The first-order valence-electron chi connectivity index (χ1n) is 11.0. The van der Waals surface area contributed by atoms with Crippen LogP contribution in [0.25, 0.3) is 6.08 Å². The van der Waals surface area contributed by atoms with E-state index in [1.54, 1.807) is 47.4 Å². The molecule has 6 nitrogen and oxygen atoms in total. The number of nitrogens with zero attached hydrogens (tertiary/aromatic N) is 2. The third-order valence-electron chi connectivity index (χ3n) is 5.28. The van der Waals surface area contributed by atoms with Crippen molar-refractivity contribution in [2.45, 2.75) is 13.5 Å². The number of methoxy groups -OCH3 is 1. The van der Waals surface area contributed by atoms with Crippen molar-refractivity contribution in [1.82, 2.24) is 4.90 Å².